The van der Waals surface area contributed by atoms with Crippen molar-refractivity contribution in [3.8, 4) is 0 Å². The normalized spacial score (nSPS) is 16.7. The van der Waals surface area contributed by atoms with Crippen molar-refractivity contribution in [2.45, 2.75) is 25.2 Å². The van der Waals surface area contributed by atoms with Crippen LogP contribution in [0.2, 0.25) is 0 Å². The molecule has 2 N–H and O–H groups in total. The Hall–Kier alpha value is -2.70. The first-order valence-electron chi connectivity index (χ1n) is 8.01. The van der Waals surface area contributed by atoms with Gasteiger partial charge in [-0.3, -0.25) is 19.7 Å². The molecule has 0 aliphatic carbocycles. The van der Waals surface area contributed by atoms with Crippen molar-refractivity contribution in [2.75, 3.05) is 20.1 Å². The zero-order valence-electron chi connectivity index (χ0n) is 13.9. The summed E-state index contributed by atoms with van der Waals surface area (Å²) in [6.07, 6.45) is 4.71. The third-order valence-corrected chi connectivity index (χ3v) is 4.75. The molecule has 2 aromatic rings. The maximum absolute atomic E-state index is 12.5. The maximum Gasteiger partial charge on any atom is 0.272 e. The molecule has 1 fully saturated rings. The van der Waals surface area contributed by atoms with Crippen molar-refractivity contribution in [3.05, 3.63) is 47.5 Å². The lowest BCUT2D eigenvalue weighted by Gasteiger charge is -2.39. The average molecular weight is 327 g/mol. The number of aromatic nitrogens is 3. The van der Waals surface area contributed by atoms with E-state index in [0.29, 0.717) is 24.3 Å². The number of rotatable bonds is 3. The predicted octanol–water partition coefficient (Wildman–Crippen LogP) is 1.36. The summed E-state index contributed by atoms with van der Waals surface area (Å²) in [5.74, 6) is -0.194. The van der Waals surface area contributed by atoms with Crippen molar-refractivity contribution >= 4 is 11.8 Å². The summed E-state index contributed by atoms with van der Waals surface area (Å²) in [4.78, 5) is 30.4. The monoisotopic (exact) mass is 327 g/mol. The smallest absolute Gasteiger partial charge is 0.272 e. The lowest BCUT2D eigenvalue weighted by Crippen LogP contribution is -2.45. The highest BCUT2D eigenvalue weighted by atomic mass is 16.2. The lowest BCUT2D eigenvalue weighted by molar-refractivity contribution is 0.0665. The van der Waals surface area contributed by atoms with E-state index in [-0.39, 0.29) is 17.2 Å². The first-order valence-corrected chi connectivity index (χ1v) is 8.01. The number of carbonyl (C=O) groups excluding carboxylic acids is 2. The Morgan fingerprint density at radius 2 is 2.04 bits per heavy atom. The number of piperidine rings is 1. The molecule has 7 nitrogen and oxygen atoms in total. The Kier molecular flexibility index (Phi) is 4.33. The molecule has 0 aromatic carbocycles. The van der Waals surface area contributed by atoms with E-state index in [1.807, 2.05) is 11.0 Å². The molecule has 0 unspecified atom stereocenters. The van der Waals surface area contributed by atoms with Crippen molar-refractivity contribution in [1.82, 2.24) is 25.4 Å². The number of amides is 2. The number of hydrogen-bond acceptors (Lipinski definition) is 4. The van der Waals surface area contributed by atoms with E-state index in [9.17, 15) is 9.59 Å². The molecule has 24 heavy (non-hydrogen) atoms. The van der Waals surface area contributed by atoms with Crippen LogP contribution in [0.15, 0.2) is 30.6 Å². The van der Waals surface area contributed by atoms with Crippen LogP contribution in [0.5, 0.6) is 0 Å². The molecular formula is C17H21N5O2. The third-order valence-electron chi connectivity index (χ3n) is 4.75. The van der Waals surface area contributed by atoms with Gasteiger partial charge in [0.05, 0.1) is 17.5 Å². The molecule has 2 aromatic heterocycles. The molecule has 2 amide bonds. The molecule has 1 saturated heterocycles. The van der Waals surface area contributed by atoms with E-state index >= 15 is 0 Å². The topological polar surface area (TPSA) is 91.0 Å². The van der Waals surface area contributed by atoms with Crippen LogP contribution in [-0.2, 0) is 5.41 Å². The van der Waals surface area contributed by atoms with Gasteiger partial charge in [-0.1, -0.05) is 13.0 Å². The quantitative estimate of drug-likeness (QED) is 0.890. The van der Waals surface area contributed by atoms with E-state index in [4.69, 9.17) is 0 Å². The van der Waals surface area contributed by atoms with Gasteiger partial charge in [0, 0.05) is 31.7 Å². The highest BCUT2D eigenvalue weighted by Gasteiger charge is 2.37. The van der Waals surface area contributed by atoms with Crippen molar-refractivity contribution < 1.29 is 9.59 Å². The molecule has 1 aliphatic heterocycles. The second kappa shape index (κ2) is 6.43. The second-order valence-electron chi connectivity index (χ2n) is 6.31. The molecule has 0 radical (unpaired) electrons. The summed E-state index contributed by atoms with van der Waals surface area (Å²) in [7, 11) is 1.61. The Labute approximate surface area is 140 Å². The molecule has 1 aliphatic rings. The minimum atomic E-state index is -0.209. The zero-order chi connectivity index (χ0) is 17.2. The van der Waals surface area contributed by atoms with E-state index in [1.54, 1.807) is 31.6 Å². The molecule has 126 valence electrons. The summed E-state index contributed by atoms with van der Waals surface area (Å²) < 4.78 is 0. The van der Waals surface area contributed by atoms with Crippen LogP contribution < -0.4 is 5.32 Å². The fourth-order valence-electron chi connectivity index (χ4n) is 3.16. The van der Waals surface area contributed by atoms with Crippen LogP contribution in [0.1, 0.15) is 46.3 Å². The minimum Gasteiger partial charge on any atom is -0.355 e. The number of aromatic amines is 1. The van der Waals surface area contributed by atoms with Crippen LogP contribution in [0, 0.1) is 0 Å². The van der Waals surface area contributed by atoms with Gasteiger partial charge < -0.3 is 10.2 Å². The van der Waals surface area contributed by atoms with Crippen LogP contribution >= 0.6 is 0 Å². The fraction of sp³-hybridized carbons (Fsp3) is 0.412. The maximum atomic E-state index is 12.5. The van der Waals surface area contributed by atoms with Crippen LogP contribution in [0.4, 0.5) is 0 Å². The van der Waals surface area contributed by atoms with Gasteiger partial charge in [0.1, 0.15) is 5.69 Å². The van der Waals surface area contributed by atoms with Crippen LogP contribution in [0.25, 0.3) is 0 Å². The van der Waals surface area contributed by atoms with E-state index in [0.717, 1.165) is 18.5 Å². The van der Waals surface area contributed by atoms with E-state index in [1.165, 1.54) is 0 Å². The summed E-state index contributed by atoms with van der Waals surface area (Å²) >= 11 is 0. The molecular weight excluding hydrogens is 306 g/mol. The van der Waals surface area contributed by atoms with Crippen LogP contribution in [0.3, 0.4) is 0 Å². The molecule has 0 spiro atoms. The van der Waals surface area contributed by atoms with Gasteiger partial charge in [0.25, 0.3) is 11.8 Å². The van der Waals surface area contributed by atoms with Gasteiger partial charge in [-0.05, 0) is 25.0 Å². The molecule has 3 rings (SSSR count). The van der Waals surface area contributed by atoms with Gasteiger partial charge in [0.15, 0.2) is 0 Å². The Bertz CT molecular complexity index is 732. The summed E-state index contributed by atoms with van der Waals surface area (Å²) in [6, 6.07) is 5.34. The van der Waals surface area contributed by atoms with Gasteiger partial charge in [-0.2, -0.15) is 5.10 Å². The molecule has 0 bridgehead atoms. The van der Waals surface area contributed by atoms with Crippen molar-refractivity contribution in [2.24, 2.45) is 0 Å². The largest absolute Gasteiger partial charge is 0.355 e. The van der Waals surface area contributed by atoms with Crippen molar-refractivity contribution in [3.63, 3.8) is 0 Å². The third kappa shape index (κ3) is 2.89. The highest BCUT2D eigenvalue weighted by Crippen LogP contribution is 2.35. The number of hydrogen-bond donors (Lipinski definition) is 2. The van der Waals surface area contributed by atoms with Crippen molar-refractivity contribution in [1.29, 1.82) is 0 Å². The Balaban J connectivity index is 1.74. The van der Waals surface area contributed by atoms with Gasteiger partial charge in [-0.25, -0.2) is 0 Å². The SMILES string of the molecule is CNC(=O)c1cn[nH]c1C1(C)CCN(C(=O)c2ccccn2)CC1. The number of nitrogens with zero attached hydrogens (tertiary/aromatic N) is 3. The molecule has 3 heterocycles. The highest BCUT2D eigenvalue weighted by molar-refractivity contribution is 5.95. The first-order chi connectivity index (χ1) is 11.5. The number of H-pyrrole nitrogens is 1. The molecule has 0 atom stereocenters. The summed E-state index contributed by atoms with van der Waals surface area (Å²) in [5.41, 5.74) is 1.67. The summed E-state index contributed by atoms with van der Waals surface area (Å²) in [5, 5.41) is 9.66. The lowest BCUT2D eigenvalue weighted by atomic mass is 9.76. The van der Waals surface area contributed by atoms with E-state index in [2.05, 4.69) is 27.4 Å². The van der Waals surface area contributed by atoms with Gasteiger partial charge in [0.2, 0.25) is 0 Å². The van der Waals surface area contributed by atoms with Gasteiger partial charge >= 0.3 is 0 Å². The second-order valence-corrected chi connectivity index (χ2v) is 6.31. The van der Waals surface area contributed by atoms with E-state index < -0.39 is 0 Å². The van der Waals surface area contributed by atoms with Crippen LogP contribution in [-0.4, -0.2) is 52.0 Å². The number of nitrogens with one attached hydrogen (secondary N) is 2. The standard InChI is InChI=1S/C17H21N5O2/c1-17(14-12(11-20-21-14)15(23)18-2)6-9-22(10-7-17)16(24)13-5-3-4-8-19-13/h3-5,8,11H,6-7,9-10H2,1-2H3,(H,18,23)(H,20,21). The first kappa shape index (κ1) is 16.2. The molecule has 7 heteroatoms. The number of likely N-dealkylation sites (tertiary alicyclic amines) is 1. The fourth-order valence-corrected chi connectivity index (χ4v) is 3.16. The molecule has 0 saturated carbocycles. The minimum absolute atomic E-state index is 0.0474. The summed E-state index contributed by atoms with van der Waals surface area (Å²) in [6.45, 7) is 3.35. The average Bonchev–Trinajstić information content (AvgIpc) is 3.12. The van der Waals surface area contributed by atoms with Gasteiger partial charge in [-0.15, -0.1) is 0 Å². The Morgan fingerprint density at radius 1 is 1.29 bits per heavy atom. The number of carbonyl (C=O) groups is 2. The number of pyridine rings is 1. The predicted molar refractivity (Wildman–Crippen MR) is 88.7 cm³/mol. The Morgan fingerprint density at radius 3 is 2.67 bits per heavy atom. The zero-order valence-corrected chi connectivity index (χ0v) is 13.9.